The van der Waals surface area contributed by atoms with E-state index in [4.69, 9.17) is 10.00 Å². The summed E-state index contributed by atoms with van der Waals surface area (Å²) in [6.45, 7) is 6.35. The van der Waals surface area contributed by atoms with Crippen molar-refractivity contribution >= 4 is 17.7 Å². The lowest BCUT2D eigenvalue weighted by molar-refractivity contribution is -0.143. The molecule has 1 aromatic heterocycles. The van der Waals surface area contributed by atoms with Crippen LogP contribution in [0.5, 0.6) is 0 Å². The monoisotopic (exact) mass is 609 g/mol. The number of hydrogen-bond donors (Lipinski definition) is 0. The van der Waals surface area contributed by atoms with Gasteiger partial charge < -0.3 is 9.64 Å². The summed E-state index contributed by atoms with van der Waals surface area (Å²) in [6.07, 6.45) is -10.4. The van der Waals surface area contributed by atoms with Crippen molar-refractivity contribution in [3.8, 4) is 6.07 Å². The van der Waals surface area contributed by atoms with Crippen LogP contribution < -0.4 is 9.80 Å². The van der Waals surface area contributed by atoms with Gasteiger partial charge in [-0.2, -0.15) is 31.6 Å². The van der Waals surface area contributed by atoms with Crippen molar-refractivity contribution in [1.29, 1.82) is 5.26 Å². The number of carbonyl (C=O) groups is 1. The van der Waals surface area contributed by atoms with Crippen LogP contribution in [0.2, 0.25) is 0 Å². The number of benzene rings is 2. The molecule has 2 aromatic carbocycles. The Balaban J connectivity index is 1.89. The van der Waals surface area contributed by atoms with Gasteiger partial charge in [0.1, 0.15) is 6.54 Å². The van der Waals surface area contributed by atoms with E-state index in [9.17, 15) is 31.1 Å². The fourth-order valence-corrected chi connectivity index (χ4v) is 5.10. The van der Waals surface area contributed by atoms with Gasteiger partial charge in [0.25, 0.3) is 5.95 Å². The van der Waals surface area contributed by atoms with Crippen LogP contribution in [0.1, 0.15) is 67.5 Å². The summed E-state index contributed by atoms with van der Waals surface area (Å²) in [5.74, 6) is -0.105. The highest BCUT2D eigenvalue weighted by Crippen LogP contribution is 2.44. The number of carbonyl (C=O) groups excluding carboxylic acids is 1. The molecule has 2 atom stereocenters. The minimum absolute atomic E-state index is 0.0693. The van der Waals surface area contributed by atoms with E-state index in [2.05, 4.69) is 15.4 Å². The molecule has 1 amide bonds. The highest BCUT2D eigenvalue weighted by atomic mass is 19.4. The molecule has 0 fully saturated rings. The fourth-order valence-electron chi connectivity index (χ4n) is 5.10. The molecule has 0 unspecified atom stereocenters. The van der Waals surface area contributed by atoms with Crippen LogP contribution in [0, 0.1) is 18.3 Å². The van der Waals surface area contributed by atoms with Crippen molar-refractivity contribution in [2.45, 2.75) is 84.2 Å². The highest BCUT2D eigenvalue weighted by Gasteiger charge is 2.41. The van der Waals surface area contributed by atoms with Crippen molar-refractivity contribution < 1.29 is 35.9 Å². The number of aryl methyl sites for hydroxylation is 1. The van der Waals surface area contributed by atoms with Crippen LogP contribution >= 0.6 is 0 Å². The third-order valence-corrected chi connectivity index (χ3v) is 6.95. The van der Waals surface area contributed by atoms with Crippen LogP contribution in [0.4, 0.5) is 42.8 Å². The molecule has 9 nitrogen and oxygen atoms in total. The lowest BCUT2D eigenvalue weighted by Gasteiger charge is -2.44. The molecule has 43 heavy (non-hydrogen) atoms. The largest absolute Gasteiger partial charge is 0.446 e. The Morgan fingerprint density at radius 1 is 1.12 bits per heavy atom. The summed E-state index contributed by atoms with van der Waals surface area (Å²) in [5.41, 5.74) is -1.34. The van der Waals surface area contributed by atoms with E-state index in [-0.39, 0.29) is 30.5 Å². The number of amides is 1. The first-order valence-corrected chi connectivity index (χ1v) is 13.4. The normalized spacial score (nSPS) is 17.0. The summed E-state index contributed by atoms with van der Waals surface area (Å²) < 4.78 is 87.6. The number of rotatable bonds is 7. The van der Waals surface area contributed by atoms with E-state index in [0.717, 1.165) is 10.4 Å². The van der Waals surface area contributed by atoms with Crippen molar-refractivity contribution in [2.75, 3.05) is 9.80 Å². The van der Waals surface area contributed by atoms with Crippen LogP contribution in [0.15, 0.2) is 36.4 Å². The number of aromatic nitrogens is 4. The highest BCUT2D eigenvalue weighted by molar-refractivity contribution is 5.90. The first-order valence-electron chi connectivity index (χ1n) is 13.4. The number of ether oxygens (including phenoxy) is 1. The lowest BCUT2D eigenvalue weighted by Crippen LogP contribution is -2.48. The molecule has 0 saturated carbocycles. The van der Waals surface area contributed by atoms with Gasteiger partial charge in [-0.25, -0.2) is 4.79 Å². The molecule has 0 spiro atoms. The van der Waals surface area contributed by atoms with E-state index in [1.54, 1.807) is 32.0 Å². The van der Waals surface area contributed by atoms with Crippen LogP contribution in [0.25, 0.3) is 0 Å². The quantitative estimate of drug-likeness (QED) is 0.271. The average molecular weight is 610 g/mol. The molecule has 4 rings (SSSR count). The summed E-state index contributed by atoms with van der Waals surface area (Å²) in [4.78, 5) is 17.2. The van der Waals surface area contributed by atoms with Gasteiger partial charge in [0.15, 0.2) is 0 Å². The minimum atomic E-state index is -5.03. The molecule has 1 aliphatic rings. The van der Waals surface area contributed by atoms with Crippen LogP contribution in [0.3, 0.4) is 0 Å². The number of alkyl halides is 6. The van der Waals surface area contributed by atoms with E-state index in [0.29, 0.717) is 29.8 Å². The second kappa shape index (κ2) is 12.1. The Morgan fingerprint density at radius 2 is 1.77 bits per heavy atom. The second-order valence-electron chi connectivity index (χ2n) is 10.5. The maximum Gasteiger partial charge on any atom is 0.416 e. The van der Waals surface area contributed by atoms with Crippen molar-refractivity contribution in [3.05, 3.63) is 64.2 Å². The van der Waals surface area contributed by atoms with E-state index < -0.39 is 54.3 Å². The molecule has 0 N–H and O–H groups in total. The Bertz CT molecular complexity index is 1480. The topological polar surface area (TPSA) is 100 Å². The summed E-state index contributed by atoms with van der Waals surface area (Å²) in [6, 6.07) is 7.40. The zero-order valence-corrected chi connectivity index (χ0v) is 23.7. The first-order chi connectivity index (χ1) is 20.1. The molecule has 3 aromatic rings. The molecule has 230 valence electrons. The van der Waals surface area contributed by atoms with Gasteiger partial charge >= 0.3 is 18.4 Å². The van der Waals surface area contributed by atoms with Gasteiger partial charge in [0.05, 0.1) is 35.0 Å². The number of fused-ring (bicyclic) bond motifs is 1. The van der Waals surface area contributed by atoms with Gasteiger partial charge in [0, 0.05) is 12.6 Å². The molecular weight excluding hydrogens is 580 g/mol. The van der Waals surface area contributed by atoms with Gasteiger partial charge in [-0.05, 0) is 74.2 Å². The first kappa shape index (κ1) is 31.6. The maximum atomic E-state index is 13.7. The number of anilines is 2. The van der Waals surface area contributed by atoms with Crippen molar-refractivity contribution in [3.63, 3.8) is 0 Å². The van der Waals surface area contributed by atoms with Gasteiger partial charge in [-0.3, -0.25) is 4.90 Å². The van der Waals surface area contributed by atoms with Crippen LogP contribution in [-0.4, -0.2) is 38.4 Å². The number of nitrogens with zero attached hydrogens (tertiary/aromatic N) is 7. The Morgan fingerprint density at radius 3 is 2.33 bits per heavy atom. The zero-order chi connectivity index (χ0) is 31.7. The number of tetrazole rings is 1. The molecule has 15 heteroatoms. The van der Waals surface area contributed by atoms with E-state index in [1.807, 2.05) is 19.9 Å². The molecule has 0 saturated heterocycles. The summed E-state index contributed by atoms with van der Waals surface area (Å²) in [5, 5.41) is 21.1. The number of halogens is 6. The third-order valence-electron chi connectivity index (χ3n) is 6.95. The smallest absolute Gasteiger partial charge is 0.416 e. The SMILES string of the molecule is CC[C@@H]1C[C@H](N(Cc2cc(C(F)(F)F)cc(C(F)(F)F)c2)c2nnn(CC#N)n2)c2cc(C)ccc2N1C(=O)OC(C)C. The van der Waals surface area contributed by atoms with Crippen molar-refractivity contribution in [1.82, 2.24) is 20.2 Å². The van der Waals surface area contributed by atoms with E-state index in [1.165, 1.54) is 9.80 Å². The predicted molar refractivity (Wildman–Crippen MR) is 143 cm³/mol. The fraction of sp³-hybridized carbons (Fsp3) is 0.464. The third kappa shape index (κ3) is 7.00. The lowest BCUT2D eigenvalue weighted by atomic mass is 9.87. The zero-order valence-electron chi connectivity index (χ0n) is 23.7. The molecule has 0 aliphatic carbocycles. The van der Waals surface area contributed by atoms with E-state index >= 15 is 0 Å². The number of nitriles is 1. The Kier molecular flexibility index (Phi) is 8.89. The van der Waals surface area contributed by atoms with Gasteiger partial charge in [-0.15, -0.1) is 9.90 Å². The molecule has 0 radical (unpaired) electrons. The maximum absolute atomic E-state index is 13.7. The summed E-state index contributed by atoms with van der Waals surface area (Å²) >= 11 is 0. The van der Waals surface area contributed by atoms with Gasteiger partial charge in [0.2, 0.25) is 0 Å². The molecule has 2 heterocycles. The second-order valence-corrected chi connectivity index (χ2v) is 10.5. The Labute approximate surface area is 243 Å². The molecular formula is C28H29F6N7O2. The van der Waals surface area contributed by atoms with Crippen molar-refractivity contribution in [2.24, 2.45) is 0 Å². The average Bonchev–Trinajstić information content (AvgIpc) is 3.38. The molecule has 0 bridgehead atoms. The predicted octanol–water partition coefficient (Wildman–Crippen LogP) is 6.82. The Hall–Kier alpha value is -4.35. The van der Waals surface area contributed by atoms with Crippen LogP contribution in [-0.2, 0) is 30.2 Å². The number of hydrogen-bond acceptors (Lipinski definition) is 7. The molecule has 1 aliphatic heterocycles. The standard InChI is InChI=1S/C28H29F6N7O2/c1-5-21-14-24(22-10-17(4)6-7-23(22)41(21)26(42)43-16(2)3)39(25-36-38-40(37-25)9-8-35)15-18-11-19(27(29,30)31)13-20(12-18)28(32,33)34/h6-7,10-13,16,21,24H,5,9,14-15H2,1-4H3/t21-,24+/m1/s1. The minimum Gasteiger partial charge on any atom is -0.446 e. The van der Waals surface area contributed by atoms with Gasteiger partial charge in [-0.1, -0.05) is 29.7 Å². The summed E-state index contributed by atoms with van der Waals surface area (Å²) in [7, 11) is 0.